The maximum absolute atomic E-state index is 6.15. The fourth-order valence-electron chi connectivity index (χ4n) is 2.46. The van der Waals surface area contributed by atoms with Gasteiger partial charge in [-0.1, -0.05) is 48.0 Å². The van der Waals surface area contributed by atoms with Crippen LogP contribution >= 0.6 is 11.6 Å². The van der Waals surface area contributed by atoms with Crippen LogP contribution in [0.3, 0.4) is 0 Å². The van der Waals surface area contributed by atoms with Gasteiger partial charge in [-0.15, -0.1) is 0 Å². The van der Waals surface area contributed by atoms with Gasteiger partial charge in [0.05, 0.1) is 12.8 Å². The lowest BCUT2D eigenvalue weighted by Gasteiger charge is -2.09. The summed E-state index contributed by atoms with van der Waals surface area (Å²) in [5.41, 5.74) is 2.81. The molecule has 0 bridgehead atoms. The highest BCUT2D eigenvalue weighted by molar-refractivity contribution is 6.31. The van der Waals surface area contributed by atoms with Crippen LogP contribution < -0.4 is 4.74 Å². The lowest BCUT2D eigenvalue weighted by atomic mass is 10.0. The number of ether oxygens (including phenoxy) is 1. The van der Waals surface area contributed by atoms with E-state index in [9.17, 15) is 0 Å². The number of hydrogen-bond acceptors (Lipinski definition) is 2. The van der Waals surface area contributed by atoms with Crippen LogP contribution in [0, 0.1) is 6.92 Å². The zero-order valence-electron chi connectivity index (χ0n) is 12.5. The first kappa shape index (κ1) is 14.6. The van der Waals surface area contributed by atoms with Gasteiger partial charge in [-0.25, -0.2) is 0 Å². The molecule has 0 saturated carbocycles. The first-order valence-corrected chi connectivity index (χ1v) is 7.43. The minimum Gasteiger partial charge on any atom is -0.496 e. The van der Waals surface area contributed by atoms with Crippen molar-refractivity contribution in [1.29, 1.82) is 0 Å². The van der Waals surface area contributed by atoms with Crippen molar-refractivity contribution < 1.29 is 4.74 Å². The molecule has 22 heavy (non-hydrogen) atoms. The summed E-state index contributed by atoms with van der Waals surface area (Å²) in [7, 11) is 1.67. The summed E-state index contributed by atoms with van der Waals surface area (Å²) in [5.74, 6) is 0.808. The standard InChI is InChI=1S/C19H16ClNO/c1-13-17(20)8-5-9-18(13)21-12-16-15-7-4-3-6-14(15)10-11-19(16)22-2/h3-12H,1-2H3. The van der Waals surface area contributed by atoms with E-state index in [-0.39, 0.29) is 0 Å². The Labute approximate surface area is 135 Å². The highest BCUT2D eigenvalue weighted by Crippen LogP contribution is 2.29. The normalized spacial score (nSPS) is 11.2. The minimum absolute atomic E-state index is 0.722. The second-order valence-electron chi connectivity index (χ2n) is 5.04. The third-order valence-electron chi connectivity index (χ3n) is 3.72. The van der Waals surface area contributed by atoms with Gasteiger partial charge in [-0.05, 0) is 41.5 Å². The fourth-order valence-corrected chi connectivity index (χ4v) is 2.63. The molecule has 0 aromatic heterocycles. The lowest BCUT2D eigenvalue weighted by molar-refractivity contribution is 0.415. The predicted molar refractivity (Wildman–Crippen MR) is 93.9 cm³/mol. The molecule has 3 heteroatoms. The number of benzene rings is 3. The quantitative estimate of drug-likeness (QED) is 0.580. The van der Waals surface area contributed by atoms with Crippen molar-refractivity contribution in [2.24, 2.45) is 4.99 Å². The Hall–Kier alpha value is -2.32. The molecule has 3 aromatic rings. The predicted octanol–water partition coefficient (Wildman–Crippen LogP) is 5.56. The highest BCUT2D eigenvalue weighted by Gasteiger charge is 2.06. The monoisotopic (exact) mass is 309 g/mol. The maximum atomic E-state index is 6.15. The van der Waals surface area contributed by atoms with Crippen molar-refractivity contribution in [2.45, 2.75) is 6.92 Å². The molecule has 0 amide bonds. The molecular formula is C19H16ClNO. The maximum Gasteiger partial charge on any atom is 0.128 e. The molecule has 3 rings (SSSR count). The third kappa shape index (κ3) is 2.70. The lowest BCUT2D eigenvalue weighted by Crippen LogP contribution is -1.92. The molecular weight excluding hydrogens is 294 g/mol. The topological polar surface area (TPSA) is 21.6 Å². The Morgan fingerprint density at radius 2 is 1.82 bits per heavy atom. The molecule has 0 N–H and O–H groups in total. The van der Waals surface area contributed by atoms with Crippen LogP contribution in [0.25, 0.3) is 10.8 Å². The van der Waals surface area contributed by atoms with Gasteiger partial charge < -0.3 is 4.74 Å². The average molecular weight is 310 g/mol. The Morgan fingerprint density at radius 3 is 2.64 bits per heavy atom. The molecule has 0 radical (unpaired) electrons. The van der Waals surface area contributed by atoms with Crippen molar-refractivity contribution in [3.8, 4) is 5.75 Å². The van der Waals surface area contributed by atoms with Crippen LogP contribution in [-0.2, 0) is 0 Å². The van der Waals surface area contributed by atoms with E-state index in [4.69, 9.17) is 16.3 Å². The third-order valence-corrected chi connectivity index (χ3v) is 4.13. The van der Waals surface area contributed by atoms with Crippen LogP contribution in [-0.4, -0.2) is 13.3 Å². The van der Waals surface area contributed by atoms with Crippen molar-refractivity contribution in [3.63, 3.8) is 0 Å². The smallest absolute Gasteiger partial charge is 0.128 e. The van der Waals surface area contributed by atoms with E-state index in [2.05, 4.69) is 23.2 Å². The minimum atomic E-state index is 0.722. The van der Waals surface area contributed by atoms with E-state index in [1.807, 2.05) is 49.5 Å². The van der Waals surface area contributed by atoms with Gasteiger partial charge in [0, 0.05) is 16.8 Å². The van der Waals surface area contributed by atoms with E-state index in [1.165, 1.54) is 0 Å². The summed E-state index contributed by atoms with van der Waals surface area (Å²) in [5, 5.41) is 3.00. The summed E-state index contributed by atoms with van der Waals surface area (Å²) in [6.07, 6.45) is 1.85. The average Bonchev–Trinajstić information content (AvgIpc) is 2.56. The van der Waals surface area contributed by atoms with Crippen LogP contribution in [0.4, 0.5) is 5.69 Å². The number of halogens is 1. The largest absolute Gasteiger partial charge is 0.496 e. The SMILES string of the molecule is COc1ccc2ccccc2c1C=Nc1cccc(Cl)c1C. The molecule has 0 aliphatic carbocycles. The molecule has 0 aliphatic rings. The summed E-state index contributed by atoms with van der Waals surface area (Å²) in [4.78, 5) is 4.61. The van der Waals surface area contributed by atoms with Crippen molar-refractivity contribution in [3.05, 3.63) is 70.7 Å². The number of hydrogen-bond donors (Lipinski definition) is 0. The zero-order valence-corrected chi connectivity index (χ0v) is 13.3. The van der Waals surface area contributed by atoms with Gasteiger partial charge in [-0.2, -0.15) is 0 Å². The Morgan fingerprint density at radius 1 is 1.00 bits per heavy atom. The number of methoxy groups -OCH3 is 1. The summed E-state index contributed by atoms with van der Waals surface area (Å²) < 4.78 is 5.48. The second-order valence-corrected chi connectivity index (χ2v) is 5.45. The van der Waals surface area contributed by atoms with Crippen molar-refractivity contribution in [2.75, 3.05) is 7.11 Å². The van der Waals surface area contributed by atoms with Gasteiger partial charge in [0.1, 0.15) is 5.75 Å². The number of nitrogens with zero attached hydrogens (tertiary/aromatic N) is 1. The van der Waals surface area contributed by atoms with Crippen molar-refractivity contribution in [1.82, 2.24) is 0 Å². The van der Waals surface area contributed by atoms with Crippen LogP contribution in [0.2, 0.25) is 5.02 Å². The molecule has 0 saturated heterocycles. The molecule has 0 fully saturated rings. The molecule has 3 aromatic carbocycles. The van der Waals surface area contributed by atoms with E-state index in [0.29, 0.717) is 0 Å². The number of fused-ring (bicyclic) bond motifs is 1. The first-order chi connectivity index (χ1) is 10.7. The molecule has 0 spiro atoms. The molecule has 0 atom stereocenters. The van der Waals surface area contributed by atoms with Gasteiger partial charge in [-0.3, -0.25) is 4.99 Å². The van der Waals surface area contributed by atoms with Gasteiger partial charge >= 0.3 is 0 Å². The number of aliphatic imine (C=N–C) groups is 1. The fraction of sp³-hybridized carbons (Fsp3) is 0.105. The van der Waals surface area contributed by atoms with E-state index in [0.717, 1.165) is 38.4 Å². The highest BCUT2D eigenvalue weighted by atomic mass is 35.5. The summed E-state index contributed by atoms with van der Waals surface area (Å²) in [6.45, 7) is 1.97. The van der Waals surface area contributed by atoms with Gasteiger partial charge in [0.2, 0.25) is 0 Å². The molecule has 110 valence electrons. The van der Waals surface area contributed by atoms with Crippen LogP contribution in [0.5, 0.6) is 5.75 Å². The molecule has 0 heterocycles. The first-order valence-electron chi connectivity index (χ1n) is 7.05. The molecule has 0 unspecified atom stereocenters. The Bertz CT molecular complexity index is 855. The van der Waals surface area contributed by atoms with E-state index in [1.54, 1.807) is 7.11 Å². The van der Waals surface area contributed by atoms with Crippen LogP contribution in [0.15, 0.2) is 59.6 Å². The Balaban J connectivity index is 2.13. The van der Waals surface area contributed by atoms with Gasteiger partial charge in [0.25, 0.3) is 0 Å². The Kier molecular flexibility index (Phi) is 4.12. The van der Waals surface area contributed by atoms with Gasteiger partial charge in [0.15, 0.2) is 0 Å². The van der Waals surface area contributed by atoms with Crippen molar-refractivity contribution >= 4 is 34.3 Å². The summed E-state index contributed by atoms with van der Waals surface area (Å²) >= 11 is 6.15. The van der Waals surface area contributed by atoms with Crippen LogP contribution in [0.1, 0.15) is 11.1 Å². The van der Waals surface area contributed by atoms with E-state index < -0.39 is 0 Å². The zero-order chi connectivity index (χ0) is 15.5. The molecule has 0 aliphatic heterocycles. The summed E-state index contributed by atoms with van der Waals surface area (Å²) in [6, 6.07) is 17.9. The molecule has 2 nitrogen and oxygen atoms in total. The number of rotatable bonds is 3. The second kappa shape index (κ2) is 6.20. The van der Waals surface area contributed by atoms with E-state index >= 15 is 0 Å².